The number of amides is 1. The standard InChI is InChI=1S/C19H21NO5/c1-23-15-9-13(10-16(12-15)24-2)11-17(19(22)25-3)20-18(21)14-7-5-4-6-8-14/h4-10,12,17H,11H2,1-3H3,(H,20,21)/t17-/m0/s1. The molecule has 0 aliphatic heterocycles. The van der Waals surface area contributed by atoms with Crippen LogP contribution < -0.4 is 14.8 Å². The second-order valence-electron chi connectivity index (χ2n) is 5.34. The summed E-state index contributed by atoms with van der Waals surface area (Å²) in [7, 11) is 4.39. The largest absolute Gasteiger partial charge is 0.497 e. The zero-order chi connectivity index (χ0) is 18.2. The van der Waals surface area contributed by atoms with Gasteiger partial charge in [-0.2, -0.15) is 0 Å². The lowest BCUT2D eigenvalue weighted by molar-refractivity contribution is -0.142. The summed E-state index contributed by atoms with van der Waals surface area (Å²) < 4.78 is 15.3. The van der Waals surface area contributed by atoms with Crippen molar-refractivity contribution in [3.8, 4) is 11.5 Å². The number of carbonyl (C=O) groups excluding carboxylic acids is 2. The number of esters is 1. The van der Waals surface area contributed by atoms with Gasteiger partial charge in [0.1, 0.15) is 17.5 Å². The maximum atomic E-state index is 12.3. The molecule has 25 heavy (non-hydrogen) atoms. The summed E-state index contributed by atoms with van der Waals surface area (Å²) >= 11 is 0. The van der Waals surface area contributed by atoms with Gasteiger partial charge in [0, 0.05) is 18.1 Å². The van der Waals surface area contributed by atoms with Gasteiger partial charge < -0.3 is 19.5 Å². The van der Waals surface area contributed by atoms with Gasteiger partial charge in [-0.25, -0.2) is 4.79 Å². The molecule has 6 heteroatoms. The first-order valence-corrected chi connectivity index (χ1v) is 7.73. The molecule has 1 amide bonds. The van der Waals surface area contributed by atoms with Crippen LogP contribution in [0, 0.1) is 0 Å². The Balaban J connectivity index is 2.21. The molecule has 0 saturated carbocycles. The van der Waals surface area contributed by atoms with Crippen molar-refractivity contribution in [1.82, 2.24) is 5.32 Å². The minimum atomic E-state index is -0.825. The maximum Gasteiger partial charge on any atom is 0.328 e. The summed E-state index contributed by atoms with van der Waals surface area (Å²) in [6, 6.07) is 13.2. The third-order valence-corrected chi connectivity index (χ3v) is 3.68. The van der Waals surface area contributed by atoms with Crippen molar-refractivity contribution >= 4 is 11.9 Å². The number of methoxy groups -OCH3 is 3. The lowest BCUT2D eigenvalue weighted by atomic mass is 10.0. The van der Waals surface area contributed by atoms with Crippen LogP contribution in [0.1, 0.15) is 15.9 Å². The molecule has 0 aromatic heterocycles. The minimum Gasteiger partial charge on any atom is -0.497 e. The van der Waals surface area contributed by atoms with Crippen LogP contribution in [0.25, 0.3) is 0 Å². The fourth-order valence-electron chi connectivity index (χ4n) is 2.39. The van der Waals surface area contributed by atoms with Crippen LogP contribution in [0.2, 0.25) is 0 Å². The van der Waals surface area contributed by atoms with Crippen molar-refractivity contribution in [3.05, 3.63) is 59.7 Å². The van der Waals surface area contributed by atoms with E-state index in [1.807, 2.05) is 6.07 Å². The Kier molecular flexibility index (Phi) is 6.39. The predicted octanol–water partition coefficient (Wildman–Crippen LogP) is 2.22. The van der Waals surface area contributed by atoms with E-state index in [1.54, 1.807) is 56.7 Å². The number of nitrogens with one attached hydrogen (secondary N) is 1. The van der Waals surface area contributed by atoms with Crippen LogP contribution in [0.15, 0.2) is 48.5 Å². The average molecular weight is 343 g/mol. The third-order valence-electron chi connectivity index (χ3n) is 3.68. The van der Waals surface area contributed by atoms with Gasteiger partial charge in [0.05, 0.1) is 21.3 Å². The first-order valence-electron chi connectivity index (χ1n) is 7.73. The zero-order valence-electron chi connectivity index (χ0n) is 14.4. The highest BCUT2D eigenvalue weighted by molar-refractivity contribution is 5.96. The SMILES string of the molecule is COC(=O)[C@H](Cc1cc(OC)cc(OC)c1)NC(=O)c1ccccc1. The summed E-state index contributed by atoms with van der Waals surface area (Å²) in [5, 5.41) is 2.71. The summed E-state index contributed by atoms with van der Waals surface area (Å²) in [5.74, 6) is 0.344. The van der Waals surface area contributed by atoms with Gasteiger partial charge >= 0.3 is 5.97 Å². The van der Waals surface area contributed by atoms with Crippen LogP contribution >= 0.6 is 0 Å². The topological polar surface area (TPSA) is 73.9 Å². The van der Waals surface area contributed by atoms with Crippen molar-refractivity contribution in [2.24, 2.45) is 0 Å². The first kappa shape index (κ1) is 18.3. The normalized spacial score (nSPS) is 11.3. The second kappa shape index (κ2) is 8.73. The monoisotopic (exact) mass is 343 g/mol. The number of hydrogen-bond acceptors (Lipinski definition) is 5. The number of benzene rings is 2. The lowest BCUT2D eigenvalue weighted by Crippen LogP contribution is -2.43. The molecule has 0 saturated heterocycles. The van der Waals surface area contributed by atoms with Gasteiger partial charge in [0.25, 0.3) is 5.91 Å². The van der Waals surface area contributed by atoms with Crippen LogP contribution in [0.3, 0.4) is 0 Å². The quantitative estimate of drug-likeness (QED) is 0.781. The van der Waals surface area contributed by atoms with E-state index < -0.39 is 12.0 Å². The van der Waals surface area contributed by atoms with Gasteiger partial charge in [0.15, 0.2) is 0 Å². The minimum absolute atomic E-state index is 0.249. The Bertz CT molecular complexity index is 708. The Labute approximate surface area is 146 Å². The summed E-state index contributed by atoms with van der Waals surface area (Å²) in [6.07, 6.45) is 0.249. The van der Waals surface area contributed by atoms with Crippen molar-refractivity contribution in [3.63, 3.8) is 0 Å². The molecule has 0 spiro atoms. The Morgan fingerprint density at radius 3 is 2.08 bits per heavy atom. The highest BCUT2D eigenvalue weighted by atomic mass is 16.5. The van der Waals surface area contributed by atoms with Crippen molar-refractivity contribution in [2.45, 2.75) is 12.5 Å². The molecule has 2 aromatic carbocycles. The van der Waals surface area contributed by atoms with E-state index in [0.717, 1.165) is 5.56 Å². The molecule has 6 nitrogen and oxygen atoms in total. The fourth-order valence-corrected chi connectivity index (χ4v) is 2.39. The van der Waals surface area contributed by atoms with E-state index in [0.29, 0.717) is 17.1 Å². The van der Waals surface area contributed by atoms with E-state index in [1.165, 1.54) is 7.11 Å². The van der Waals surface area contributed by atoms with E-state index in [2.05, 4.69) is 5.32 Å². The maximum absolute atomic E-state index is 12.3. The van der Waals surface area contributed by atoms with E-state index >= 15 is 0 Å². The predicted molar refractivity (Wildman–Crippen MR) is 93.0 cm³/mol. The summed E-state index contributed by atoms with van der Waals surface area (Å²) in [4.78, 5) is 24.4. The van der Waals surface area contributed by atoms with Gasteiger partial charge in [-0.05, 0) is 29.8 Å². The van der Waals surface area contributed by atoms with Crippen LogP contribution in [0.5, 0.6) is 11.5 Å². The smallest absolute Gasteiger partial charge is 0.328 e. The van der Waals surface area contributed by atoms with Gasteiger partial charge in [-0.1, -0.05) is 18.2 Å². The first-order chi connectivity index (χ1) is 12.1. The van der Waals surface area contributed by atoms with Crippen molar-refractivity contribution in [2.75, 3.05) is 21.3 Å². The molecular formula is C19H21NO5. The van der Waals surface area contributed by atoms with Crippen LogP contribution in [-0.2, 0) is 16.0 Å². The van der Waals surface area contributed by atoms with Crippen molar-refractivity contribution < 1.29 is 23.8 Å². The molecule has 0 aliphatic carbocycles. The number of rotatable bonds is 7. The molecule has 2 aromatic rings. The van der Waals surface area contributed by atoms with Crippen LogP contribution in [0.4, 0.5) is 0 Å². The molecule has 1 atom stereocenters. The molecule has 0 aliphatic rings. The van der Waals surface area contributed by atoms with E-state index in [4.69, 9.17) is 14.2 Å². The molecule has 0 unspecified atom stereocenters. The second-order valence-corrected chi connectivity index (χ2v) is 5.34. The van der Waals surface area contributed by atoms with E-state index in [9.17, 15) is 9.59 Å². The van der Waals surface area contributed by atoms with Gasteiger partial charge in [-0.3, -0.25) is 4.79 Å². The third kappa shape index (κ3) is 4.97. The Hall–Kier alpha value is -3.02. The zero-order valence-corrected chi connectivity index (χ0v) is 14.4. The Morgan fingerprint density at radius 2 is 1.56 bits per heavy atom. The molecular weight excluding hydrogens is 322 g/mol. The molecule has 0 bridgehead atoms. The average Bonchev–Trinajstić information content (AvgIpc) is 2.66. The van der Waals surface area contributed by atoms with Gasteiger partial charge in [0.2, 0.25) is 0 Å². The van der Waals surface area contributed by atoms with Crippen molar-refractivity contribution in [1.29, 1.82) is 0 Å². The molecule has 2 rings (SSSR count). The number of ether oxygens (including phenoxy) is 3. The molecule has 0 heterocycles. The number of carbonyl (C=O) groups is 2. The lowest BCUT2D eigenvalue weighted by Gasteiger charge is -2.17. The molecule has 0 fully saturated rings. The fraction of sp³-hybridized carbons (Fsp3) is 0.263. The number of hydrogen-bond donors (Lipinski definition) is 1. The highest BCUT2D eigenvalue weighted by Crippen LogP contribution is 2.23. The van der Waals surface area contributed by atoms with Gasteiger partial charge in [-0.15, -0.1) is 0 Å². The molecule has 132 valence electrons. The Morgan fingerprint density at radius 1 is 0.960 bits per heavy atom. The summed E-state index contributed by atoms with van der Waals surface area (Å²) in [5.41, 5.74) is 1.25. The molecule has 1 N–H and O–H groups in total. The van der Waals surface area contributed by atoms with E-state index in [-0.39, 0.29) is 12.3 Å². The molecule has 0 radical (unpaired) electrons. The summed E-state index contributed by atoms with van der Waals surface area (Å²) in [6.45, 7) is 0. The van der Waals surface area contributed by atoms with Crippen LogP contribution in [-0.4, -0.2) is 39.2 Å². The highest BCUT2D eigenvalue weighted by Gasteiger charge is 2.23.